The van der Waals surface area contributed by atoms with E-state index in [0.29, 0.717) is 12.1 Å². The number of rotatable bonds is 3. The standard InChI is InChI=1S/C14H20N6/c1-11-9-12(15)7-8-19(11)10-14-16-17-18-20(14)13-5-3-2-4-6-13/h2-6,11-12H,7-10,15H2,1H3. The molecule has 1 aliphatic rings. The molecule has 1 aliphatic heterocycles. The minimum atomic E-state index is 0.325. The first kappa shape index (κ1) is 13.2. The summed E-state index contributed by atoms with van der Waals surface area (Å²) in [4.78, 5) is 2.40. The normalized spacial score (nSPS) is 23.9. The van der Waals surface area contributed by atoms with Crippen molar-refractivity contribution in [3.8, 4) is 5.69 Å². The van der Waals surface area contributed by atoms with Crippen LogP contribution in [0.4, 0.5) is 0 Å². The van der Waals surface area contributed by atoms with Crippen LogP contribution in [0, 0.1) is 0 Å². The molecule has 0 amide bonds. The minimum absolute atomic E-state index is 0.325. The van der Waals surface area contributed by atoms with Crippen molar-refractivity contribution in [3.05, 3.63) is 36.2 Å². The highest BCUT2D eigenvalue weighted by Gasteiger charge is 2.24. The van der Waals surface area contributed by atoms with Gasteiger partial charge in [-0.25, -0.2) is 0 Å². The van der Waals surface area contributed by atoms with E-state index in [2.05, 4.69) is 27.3 Å². The van der Waals surface area contributed by atoms with Crippen LogP contribution in [0.25, 0.3) is 5.69 Å². The van der Waals surface area contributed by atoms with Gasteiger partial charge in [0.1, 0.15) is 0 Å². The molecule has 1 saturated heterocycles. The Hall–Kier alpha value is -1.79. The topological polar surface area (TPSA) is 72.9 Å². The van der Waals surface area contributed by atoms with Crippen LogP contribution in [-0.4, -0.2) is 43.7 Å². The summed E-state index contributed by atoms with van der Waals surface area (Å²) in [6.07, 6.45) is 2.07. The zero-order valence-electron chi connectivity index (χ0n) is 11.7. The Kier molecular flexibility index (Phi) is 3.75. The number of likely N-dealkylation sites (tertiary alicyclic amines) is 1. The summed E-state index contributed by atoms with van der Waals surface area (Å²) >= 11 is 0. The van der Waals surface area contributed by atoms with Crippen molar-refractivity contribution in [1.29, 1.82) is 0 Å². The first-order valence-electron chi connectivity index (χ1n) is 7.06. The van der Waals surface area contributed by atoms with Gasteiger partial charge in [0.15, 0.2) is 5.82 Å². The van der Waals surface area contributed by atoms with E-state index in [1.807, 2.05) is 30.3 Å². The van der Waals surface area contributed by atoms with Gasteiger partial charge >= 0.3 is 0 Å². The summed E-state index contributed by atoms with van der Waals surface area (Å²) in [6.45, 7) is 3.98. The Morgan fingerprint density at radius 1 is 1.30 bits per heavy atom. The van der Waals surface area contributed by atoms with Crippen molar-refractivity contribution >= 4 is 0 Å². The van der Waals surface area contributed by atoms with Crippen LogP contribution in [0.2, 0.25) is 0 Å². The lowest BCUT2D eigenvalue weighted by Gasteiger charge is -2.35. The molecule has 0 saturated carbocycles. The van der Waals surface area contributed by atoms with E-state index in [4.69, 9.17) is 5.73 Å². The van der Waals surface area contributed by atoms with E-state index < -0.39 is 0 Å². The molecule has 106 valence electrons. The van der Waals surface area contributed by atoms with E-state index in [1.165, 1.54) is 0 Å². The average Bonchev–Trinajstić information content (AvgIpc) is 2.91. The lowest BCUT2D eigenvalue weighted by atomic mass is 9.99. The third-order valence-corrected chi connectivity index (χ3v) is 3.93. The van der Waals surface area contributed by atoms with Crippen molar-refractivity contribution in [2.75, 3.05) is 6.54 Å². The number of piperidine rings is 1. The van der Waals surface area contributed by atoms with Gasteiger partial charge in [-0.1, -0.05) is 18.2 Å². The molecule has 1 fully saturated rings. The van der Waals surface area contributed by atoms with Gasteiger partial charge in [0.25, 0.3) is 0 Å². The highest BCUT2D eigenvalue weighted by Crippen LogP contribution is 2.18. The summed E-state index contributed by atoms with van der Waals surface area (Å²) in [6, 6.07) is 10.8. The van der Waals surface area contributed by atoms with Crippen molar-refractivity contribution in [3.63, 3.8) is 0 Å². The summed E-state index contributed by atoms with van der Waals surface area (Å²) in [5, 5.41) is 12.1. The van der Waals surface area contributed by atoms with Gasteiger partial charge in [0.05, 0.1) is 12.2 Å². The van der Waals surface area contributed by atoms with Gasteiger partial charge in [-0.2, -0.15) is 4.68 Å². The Balaban J connectivity index is 1.77. The first-order chi connectivity index (χ1) is 9.74. The Bertz CT molecular complexity index is 552. The highest BCUT2D eigenvalue weighted by atomic mass is 15.5. The lowest BCUT2D eigenvalue weighted by Crippen LogP contribution is -2.45. The number of aromatic nitrogens is 4. The number of nitrogens with zero attached hydrogens (tertiary/aromatic N) is 5. The number of nitrogens with two attached hydrogens (primary N) is 1. The van der Waals surface area contributed by atoms with Crippen molar-refractivity contribution < 1.29 is 0 Å². The fraction of sp³-hybridized carbons (Fsp3) is 0.500. The second kappa shape index (κ2) is 5.68. The molecule has 0 aliphatic carbocycles. The largest absolute Gasteiger partial charge is 0.328 e. The molecule has 0 spiro atoms. The van der Waals surface area contributed by atoms with Crippen LogP contribution in [0.1, 0.15) is 25.6 Å². The van der Waals surface area contributed by atoms with E-state index in [9.17, 15) is 0 Å². The Labute approximate surface area is 118 Å². The number of hydrogen-bond donors (Lipinski definition) is 1. The van der Waals surface area contributed by atoms with E-state index >= 15 is 0 Å². The Morgan fingerprint density at radius 2 is 2.10 bits per heavy atom. The summed E-state index contributed by atoms with van der Waals surface area (Å²) < 4.78 is 1.81. The van der Waals surface area contributed by atoms with E-state index in [1.54, 1.807) is 4.68 Å². The number of hydrogen-bond acceptors (Lipinski definition) is 5. The fourth-order valence-corrected chi connectivity index (χ4v) is 2.75. The first-order valence-corrected chi connectivity index (χ1v) is 7.06. The van der Waals surface area contributed by atoms with Gasteiger partial charge in [-0.3, -0.25) is 4.90 Å². The van der Waals surface area contributed by atoms with Crippen LogP contribution in [-0.2, 0) is 6.54 Å². The molecule has 6 heteroatoms. The monoisotopic (exact) mass is 272 g/mol. The lowest BCUT2D eigenvalue weighted by molar-refractivity contribution is 0.135. The van der Waals surface area contributed by atoms with Crippen LogP contribution in [0.5, 0.6) is 0 Å². The molecular weight excluding hydrogens is 252 g/mol. The third kappa shape index (κ3) is 2.71. The average molecular weight is 272 g/mol. The summed E-state index contributed by atoms with van der Waals surface area (Å²) in [5.41, 5.74) is 7.00. The van der Waals surface area contributed by atoms with Crippen molar-refractivity contribution in [2.24, 2.45) is 5.73 Å². The SMILES string of the molecule is CC1CC(N)CCN1Cc1nnnn1-c1ccccc1. The molecule has 2 heterocycles. The maximum absolute atomic E-state index is 6.01. The molecule has 1 aromatic heterocycles. The predicted octanol–water partition coefficient (Wildman–Crippen LogP) is 0.974. The highest BCUT2D eigenvalue weighted by molar-refractivity contribution is 5.30. The third-order valence-electron chi connectivity index (χ3n) is 3.93. The number of benzene rings is 1. The Morgan fingerprint density at radius 3 is 2.85 bits per heavy atom. The van der Waals surface area contributed by atoms with Gasteiger partial charge in [0, 0.05) is 18.6 Å². The molecule has 20 heavy (non-hydrogen) atoms. The minimum Gasteiger partial charge on any atom is -0.328 e. The fourth-order valence-electron chi connectivity index (χ4n) is 2.75. The summed E-state index contributed by atoms with van der Waals surface area (Å²) in [7, 11) is 0. The molecule has 2 N–H and O–H groups in total. The van der Waals surface area contributed by atoms with E-state index in [0.717, 1.165) is 37.4 Å². The van der Waals surface area contributed by atoms with Gasteiger partial charge in [-0.05, 0) is 42.3 Å². The van der Waals surface area contributed by atoms with Crippen LogP contribution < -0.4 is 5.73 Å². The molecule has 2 atom stereocenters. The van der Waals surface area contributed by atoms with Gasteiger partial charge in [-0.15, -0.1) is 5.10 Å². The zero-order valence-corrected chi connectivity index (χ0v) is 11.7. The van der Waals surface area contributed by atoms with Crippen LogP contribution >= 0.6 is 0 Å². The van der Waals surface area contributed by atoms with Gasteiger partial charge in [0.2, 0.25) is 0 Å². The smallest absolute Gasteiger partial charge is 0.170 e. The maximum Gasteiger partial charge on any atom is 0.170 e. The number of para-hydroxylation sites is 1. The predicted molar refractivity (Wildman–Crippen MR) is 76.2 cm³/mol. The maximum atomic E-state index is 6.01. The summed E-state index contributed by atoms with van der Waals surface area (Å²) in [5.74, 6) is 0.874. The van der Waals surface area contributed by atoms with Crippen LogP contribution in [0.3, 0.4) is 0 Å². The van der Waals surface area contributed by atoms with Crippen molar-refractivity contribution in [1.82, 2.24) is 25.1 Å². The molecule has 0 bridgehead atoms. The molecule has 6 nitrogen and oxygen atoms in total. The molecule has 3 rings (SSSR count). The molecule has 2 aromatic rings. The second-order valence-electron chi connectivity index (χ2n) is 5.45. The second-order valence-corrected chi connectivity index (χ2v) is 5.45. The molecule has 1 aromatic carbocycles. The molecule has 2 unspecified atom stereocenters. The van der Waals surface area contributed by atoms with E-state index in [-0.39, 0.29) is 0 Å². The van der Waals surface area contributed by atoms with Crippen molar-refractivity contribution in [2.45, 2.75) is 38.4 Å². The molecular formula is C14H20N6. The van der Waals surface area contributed by atoms with Crippen LogP contribution in [0.15, 0.2) is 30.3 Å². The molecule has 0 radical (unpaired) electrons. The quantitative estimate of drug-likeness (QED) is 0.901. The zero-order chi connectivity index (χ0) is 13.9. The number of tetrazole rings is 1. The van der Waals surface area contributed by atoms with Gasteiger partial charge < -0.3 is 5.73 Å².